The van der Waals surface area contributed by atoms with Crippen LogP contribution in [0.2, 0.25) is 5.02 Å². The number of methoxy groups -OCH3 is 1. The molecule has 2 aromatic carbocycles. The van der Waals surface area contributed by atoms with E-state index >= 15 is 0 Å². The number of carbonyl (C=O) groups excluding carboxylic acids is 1. The third-order valence-corrected chi connectivity index (χ3v) is 4.11. The van der Waals surface area contributed by atoms with E-state index in [0.29, 0.717) is 23.7 Å². The highest BCUT2D eigenvalue weighted by Gasteiger charge is 2.19. The number of halogens is 2. The van der Waals surface area contributed by atoms with Crippen molar-refractivity contribution in [2.24, 2.45) is 5.92 Å². The summed E-state index contributed by atoms with van der Waals surface area (Å²) in [5.41, 5.74) is 1.66. The van der Waals surface area contributed by atoms with Crippen LogP contribution in [0.15, 0.2) is 42.5 Å². The van der Waals surface area contributed by atoms with E-state index in [0.717, 1.165) is 11.1 Å². The Kier molecular flexibility index (Phi) is 6.21. The highest BCUT2D eigenvalue weighted by molar-refractivity contribution is 6.30. The molecule has 0 N–H and O–H groups in total. The SMILES string of the molecule is COc1ccc(Cl)cc1CN(C)C(=O)C(C)Cc1cccc(F)c1. The van der Waals surface area contributed by atoms with Gasteiger partial charge in [-0.1, -0.05) is 30.7 Å². The summed E-state index contributed by atoms with van der Waals surface area (Å²) < 4.78 is 18.6. The Hall–Kier alpha value is -2.07. The van der Waals surface area contributed by atoms with Crippen LogP contribution in [0.4, 0.5) is 4.39 Å². The minimum atomic E-state index is -0.288. The van der Waals surface area contributed by atoms with Crippen molar-refractivity contribution in [2.45, 2.75) is 19.9 Å². The fraction of sp³-hybridized carbons (Fsp3) is 0.316. The first kappa shape index (κ1) is 18.3. The van der Waals surface area contributed by atoms with Gasteiger partial charge in [-0.2, -0.15) is 0 Å². The van der Waals surface area contributed by atoms with Crippen LogP contribution < -0.4 is 4.74 Å². The normalized spacial score (nSPS) is 11.9. The van der Waals surface area contributed by atoms with Gasteiger partial charge in [-0.3, -0.25) is 4.79 Å². The summed E-state index contributed by atoms with van der Waals surface area (Å²) in [7, 11) is 3.33. The number of benzene rings is 2. The second-order valence-electron chi connectivity index (χ2n) is 5.89. The Morgan fingerprint density at radius 1 is 1.29 bits per heavy atom. The zero-order chi connectivity index (χ0) is 17.7. The molecule has 0 bridgehead atoms. The van der Waals surface area contributed by atoms with Gasteiger partial charge in [0.25, 0.3) is 0 Å². The second kappa shape index (κ2) is 8.15. The molecule has 5 heteroatoms. The highest BCUT2D eigenvalue weighted by Crippen LogP contribution is 2.24. The average Bonchev–Trinajstić information content (AvgIpc) is 2.54. The fourth-order valence-corrected chi connectivity index (χ4v) is 2.88. The van der Waals surface area contributed by atoms with Crippen LogP contribution in [0.5, 0.6) is 5.75 Å². The highest BCUT2D eigenvalue weighted by atomic mass is 35.5. The molecule has 0 fully saturated rings. The van der Waals surface area contributed by atoms with Gasteiger partial charge in [0.1, 0.15) is 11.6 Å². The van der Waals surface area contributed by atoms with Crippen molar-refractivity contribution in [2.75, 3.05) is 14.2 Å². The third-order valence-electron chi connectivity index (χ3n) is 3.88. The molecule has 0 aliphatic carbocycles. The van der Waals surface area contributed by atoms with E-state index in [9.17, 15) is 9.18 Å². The molecular formula is C19H21ClFNO2. The Labute approximate surface area is 147 Å². The van der Waals surface area contributed by atoms with Crippen LogP contribution >= 0.6 is 11.6 Å². The molecule has 1 atom stereocenters. The van der Waals surface area contributed by atoms with Crippen molar-refractivity contribution in [1.29, 1.82) is 0 Å². The monoisotopic (exact) mass is 349 g/mol. The minimum absolute atomic E-state index is 0.0127. The van der Waals surface area contributed by atoms with Gasteiger partial charge in [0.2, 0.25) is 5.91 Å². The largest absolute Gasteiger partial charge is 0.496 e. The number of amides is 1. The molecule has 0 aromatic heterocycles. The van der Waals surface area contributed by atoms with E-state index in [2.05, 4.69) is 0 Å². The van der Waals surface area contributed by atoms with Crippen molar-refractivity contribution in [1.82, 2.24) is 4.90 Å². The molecule has 2 aromatic rings. The van der Waals surface area contributed by atoms with E-state index in [1.54, 1.807) is 43.3 Å². The lowest BCUT2D eigenvalue weighted by Gasteiger charge is -2.22. The molecule has 0 aliphatic heterocycles. The maximum absolute atomic E-state index is 13.3. The van der Waals surface area contributed by atoms with E-state index in [1.165, 1.54) is 12.1 Å². The molecule has 24 heavy (non-hydrogen) atoms. The number of ether oxygens (including phenoxy) is 1. The van der Waals surface area contributed by atoms with Gasteiger partial charge >= 0.3 is 0 Å². The first-order valence-corrected chi connectivity index (χ1v) is 8.10. The van der Waals surface area contributed by atoms with Gasteiger partial charge < -0.3 is 9.64 Å². The molecule has 1 unspecified atom stereocenters. The quantitative estimate of drug-likeness (QED) is 0.777. The molecule has 0 aliphatic rings. The number of hydrogen-bond donors (Lipinski definition) is 0. The summed E-state index contributed by atoms with van der Waals surface area (Å²) in [5.74, 6) is 0.143. The summed E-state index contributed by atoms with van der Waals surface area (Å²) in [4.78, 5) is 14.2. The number of nitrogens with zero attached hydrogens (tertiary/aromatic N) is 1. The zero-order valence-corrected chi connectivity index (χ0v) is 14.8. The number of rotatable bonds is 6. The molecule has 0 heterocycles. The Balaban J connectivity index is 2.05. The van der Waals surface area contributed by atoms with Crippen LogP contribution in [0.3, 0.4) is 0 Å². The Morgan fingerprint density at radius 3 is 2.71 bits per heavy atom. The van der Waals surface area contributed by atoms with Gasteiger partial charge in [-0.15, -0.1) is 0 Å². The lowest BCUT2D eigenvalue weighted by Crippen LogP contribution is -2.32. The molecule has 0 saturated heterocycles. The molecule has 2 rings (SSSR count). The van der Waals surface area contributed by atoms with Gasteiger partial charge in [0, 0.05) is 30.1 Å². The van der Waals surface area contributed by atoms with Crippen LogP contribution in [0.1, 0.15) is 18.1 Å². The maximum atomic E-state index is 13.3. The van der Waals surface area contributed by atoms with Gasteiger partial charge in [-0.05, 0) is 42.3 Å². The number of hydrogen-bond acceptors (Lipinski definition) is 2. The van der Waals surface area contributed by atoms with E-state index in [4.69, 9.17) is 16.3 Å². The standard InChI is InChI=1S/C19H21ClFNO2/c1-13(9-14-5-4-6-17(21)10-14)19(23)22(2)12-15-11-16(20)7-8-18(15)24-3/h4-8,10-11,13H,9,12H2,1-3H3. The average molecular weight is 350 g/mol. The van der Waals surface area contributed by atoms with Crippen LogP contribution in [-0.4, -0.2) is 25.0 Å². The lowest BCUT2D eigenvalue weighted by molar-refractivity contribution is -0.134. The minimum Gasteiger partial charge on any atom is -0.496 e. The topological polar surface area (TPSA) is 29.5 Å². The first-order chi connectivity index (χ1) is 11.4. The first-order valence-electron chi connectivity index (χ1n) is 7.72. The van der Waals surface area contributed by atoms with Crippen LogP contribution in [0, 0.1) is 11.7 Å². The van der Waals surface area contributed by atoms with Crippen LogP contribution in [-0.2, 0) is 17.8 Å². The summed E-state index contributed by atoms with van der Waals surface area (Å²) >= 11 is 6.03. The van der Waals surface area contributed by atoms with Gasteiger partial charge in [0.05, 0.1) is 7.11 Å². The van der Waals surface area contributed by atoms with Crippen molar-refractivity contribution < 1.29 is 13.9 Å². The van der Waals surface area contributed by atoms with Crippen molar-refractivity contribution >= 4 is 17.5 Å². The van der Waals surface area contributed by atoms with Crippen molar-refractivity contribution in [3.8, 4) is 5.75 Å². The lowest BCUT2D eigenvalue weighted by atomic mass is 9.99. The summed E-state index contributed by atoms with van der Waals surface area (Å²) in [6, 6.07) is 11.7. The van der Waals surface area contributed by atoms with Crippen LogP contribution in [0.25, 0.3) is 0 Å². The van der Waals surface area contributed by atoms with Gasteiger partial charge in [0.15, 0.2) is 0 Å². The predicted molar refractivity (Wildman–Crippen MR) is 93.7 cm³/mol. The Morgan fingerprint density at radius 2 is 2.04 bits per heavy atom. The molecule has 1 amide bonds. The smallest absolute Gasteiger partial charge is 0.225 e. The van der Waals surface area contributed by atoms with Gasteiger partial charge in [-0.25, -0.2) is 4.39 Å². The maximum Gasteiger partial charge on any atom is 0.225 e. The molecule has 3 nitrogen and oxygen atoms in total. The number of carbonyl (C=O) groups is 1. The fourth-order valence-electron chi connectivity index (χ4n) is 2.69. The molecule has 0 radical (unpaired) electrons. The molecule has 0 spiro atoms. The third kappa shape index (κ3) is 4.71. The van der Waals surface area contributed by atoms with Crippen molar-refractivity contribution in [3.63, 3.8) is 0 Å². The van der Waals surface area contributed by atoms with E-state index in [1.807, 2.05) is 13.0 Å². The van der Waals surface area contributed by atoms with E-state index < -0.39 is 0 Å². The Bertz CT molecular complexity index is 720. The summed E-state index contributed by atoms with van der Waals surface area (Å²) in [5, 5.41) is 0.597. The summed E-state index contributed by atoms with van der Waals surface area (Å²) in [6.07, 6.45) is 0.494. The molecule has 0 saturated carbocycles. The molecular weight excluding hydrogens is 329 g/mol. The second-order valence-corrected chi connectivity index (χ2v) is 6.32. The van der Waals surface area contributed by atoms with E-state index in [-0.39, 0.29) is 17.6 Å². The van der Waals surface area contributed by atoms with Crippen molar-refractivity contribution in [3.05, 3.63) is 64.4 Å². The molecule has 128 valence electrons. The predicted octanol–water partition coefficient (Wildman–Crippen LogP) is 4.32. The zero-order valence-electron chi connectivity index (χ0n) is 14.1. The summed E-state index contributed by atoms with van der Waals surface area (Å²) in [6.45, 7) is 2.25.